The summed E-state index contributed by atoms with van der Waals surface area (Å²) in [6.07, 6.45) is 9.51. The number of benzene rings is 10. The van der Waals surface area contributed by atoms with Crippen molar-refractivity contribution in [1.82, 2.24) is 0 Å². The molecule has 0 N–H and O–H groups in total. The van der Waals surface area contributed by atoms with Crippen molar-refractivity contribution < 1.29 is 9.47 Å². The first-order valence-corrected chi connectivity index (χ1v) is 29.0. The molecular weight excluding hydrogens is 961 g/mol. The van der Waals surface area contributed by atoms with Gasteiger partial charge in [0, 0.05) is 45.7 Å². The second kappa shape index (κ2) is 17.5. The number of hydrogen-bond acceptors (Lipinski definition) is 4. The van der Waals surface area contributed by atoms with E-state index in [9.17, 15) is 0 Å². The topological polar surface area (TPSA) is 24.9 Å². The largest absolute Gasteiger partial charge is 0.497 e. The van der Waals surface area contributed by atoms with Crippen molar-refractivity contribution in [2.75, 3.05) is 24.0 Å². The average Bonchev–Trinajstić information content (AvgIpc) is 3.84. The van der Waals surface area contributed by atoms with Crippen molar-refractivity contribution in [2.24, 2.45) is 0 Å². The summed E-state index contributed by atoms with van der Waals surface area (Å²) in [5, 5.41) is 5.15. The van der Waals surface area contributed by atoms with Crippen LogP contribution in [0.3, 0.4) is 0 Å². The van der Waals surface area contributed by atoms with E-state index in [1.54, 1.807) is 14.2 Å². The molecule has 5 aliphatic rings. The van der Waals surface area contributed by atoms with Crippen LogP contribution in [0, 0.1) is 0 Å². The van der Waals surface area contributed by atoms with Gasteiger partial charge in [0.05, 0.1) is 30.7 Å². The Morgan fingerprint density at radius 1 is 0.367 bits per heavy atom. The Kier molecular flexibility index (Phi) is 10.6. The number of ether oxygens (including phenoxy) is 2. The van der Waals surface area contributed by atoms with Crippen molar-refractivity contribution in [3.63, 3.8) is 0 Å². The van der Waals surface area contributed by atoms with E-state index in [-0.39, 0.29) is 21.9 Å². The van der Waals surface area contributed by atoms with E-state index >= 15 is 0 Å². The molecule has 3 aliphatic carbocycles. The Balaban J connectivity index is 0.933. The molecule has 4 atom stereocenters. The highest BCUT2D eigenvalue weighted by molar-refractivity contribution is 6.20. The third-order valence-electron chi connectivity index (χ3n) is 21.0. The van der Waals surface area contributed by atoms with Gasteiger partial charge in [0.25, 0.3) is 0 Å². The summed E-state index contributed by atoms with van der Waals surface area (Å²) >= 11 is 0. The fourth-order valence-corrected chi connectivity index (χ4v) is 16.7. The summed E-state index contributed by atoms with van der Waals surface area (Å²) in [5.41, 5.74) is 20.0. The van der Waals surface area contributed by atoms with E-state index in [1.165, 1.54) is 137 Å². The predicted molar refractivity (Wildman–Crippen MR) is 328 cm³/mol. The summed E-state index contributed by atoms with van der Waals surface area (Å²) in [6, 6.07) is 79.0. The van der Waals surface area contributed by atoms with Crippen LogP contribution in [0.25, 0.3) is 54.9 Å². The molecule has 0 spiro atoms. The van der Waals surface area contributed by atoms with E-state index in [0.29, 0.717) is 0 Å². The van der Waals surface area contributed by atoms with Gasteiger partial charge in [-0.05, 0) is 189 Å². The normalized spacial score (nSPS) is 23.2. The second-order valence-corrected chi connectivity index (χ2v) is 24.5. The Bertz CT molecular complexity index is 4070. The maximum atomic E-state index is 5.81. The summed E-state index contributed by atoms with van der Waals surface area (Å²) in [6.45, 7) is 10.1. The molecule has 15 rings (SSSR count). The molecule has 2 heterocycles. The van der Waals surface area contributed by atoms with E-state index in [0.717, 1.165) is 37.2 Å². The van der Waals surface area contributed by atoms with Crippen molar-refractivity contribution in [1.29, 1.82) is 0 Å². The minimum absolute atomic E-state index is 0.0228. The molecule has 390 valence electrons. The third kappa shape index (κ3) is 6.49. The van der Waals surface area contributed by atoms with Gasteiger partial charge >= 0.3 is 0 Å². The summed E-state index contributed by atoms with van der Waals surface area (Å²) in [4.78, 5) is 5.30. The minimum Gasteiger partial charge on any atom is -0.497 e. The first-order valence-electron chi connectivity index (χ1n) is 29.0. The SMILES string of the molecule is COc1cccc(N2c3ccc(-c4ccc5c(c4)C(c4ccccc4)(c4ccccc4)c4c-5c5ccccc5c5cc(-c6ccc7c(c6)C6(C)CCCCC6(C)N7c6cccc(OC)c6)ccc45)cc3C3(C)CCCCC23C)c1. The molecule has 4 heteroatoms. The van der Waals surface area contributed by atoms with Crippen LogP contribution in [-0.2, 0) is 16.2 Å². The third-order valence-corrected chi connectivity index (χ3v) is 21.0. The smallest absolute Gasteiger partial charge is 0.120 e. The lowest BCUT2D eigenvalue weighted by molar-refractivity contribution is 0.195. The standard InChI is InChI=1S/C75H68N2O2/c1-71-39-15-17-41-73(71,3)76(55-25-19-27-57(47-55)78-5)67-37-33-51(45-65(67)71)49-31-35-61-63(43-49)59-29-13-14-30-60(59)69-62-36-32-50(44-64(62)75(70(61)69,53-21-9-7-10-22-53)54-23-11-8-12-24-54)52-34-38-68-66(46-52)72(2)40-16-18-42-74(72,4)77(68)56-26-20-28-58(48-56)79-6/h7-14,19-38,43-48H,15-18,39-42H2,1-6H3. The maximum absolute atomic E-state index is 5.81. The van der Waals surface area contributed by atoms with Crippen LogP contribution in [0.15, 0.2) is 206 Å². The van der Waals surface area contributed by atoms with Gasteiger partial charge in [-0.2, -0.15) is 0 Å². The molecule has 0 amide bonds. The highest BCUT2D eigenvalue weighted by atomic mass is 16.5. The average molecular weight is 1030 g/mol. The summed E-state index contributed by atoms with van der Waals surface area (Å²) in [5.74, 6) is 1.78. The van der Waals surface area contributed by atoms with E-state index in [1.807, 2.05) is 0 Å². The molecule has 10 aromatic rings. The first kappa shape index (κ1) is 48.1. The number of nitrogens with zero attached hydrogens (tertiary/aromatic N) is 2. The monoisotopic (exact) mass is 1030 g/mol. The van der Waals surface area contributed by atoms with Crippen LogP contribution in [0.4, 0.5) is 22.7 Å². The molecule has 0 radical (unpaired) electrons. The Morgan fingerprint density at radius 3 is 1.35 bits per heavy atom. The number of fused-ring (bicyclic) bond motifs is 14. The van der Waals surface area contributed by atoms with Gasteiger partial charge in [-0.1, -0.05) is 173 Å². The number of hydrogen-bond donors (Lipinski definition) is 0. The van der Waals surface area contributed by atoms with Crippen molar-refractivity contribution in [2.45, 2.75) is 106 Å². The van der Waals surface area contributed by atoms with Crippen LogP contribution in [0.1, 0.15) is 112 Å². The lowest BCUT2D eigenvalue weighted by Gasteiger charge is -2.50. The van der Waals surface area contributed by atoms with E-state index in [2.05, 4.69) is 244 Å². The molecule has 4 nitrogen and oxygen atoms in total. The van der Waals surface area contributed by atoms with Crippen LogP contribution in [0.5, 0.6) is 11.5 Å². The van der Waals surface area contributed by atoms with Crippen LogP contribution >= 0.6 is 0 Å². The molecule has 2 fully saturated rings. The molecule has 10 aromatic carbocycles. The van der Waals surface area contributed by atoms with Crippen LogP contribution in [0.2, 0.25) is 0 Å². The number of rotatable bonds is 8. The molecule has 0 aromatic heterocycles. The highest BCUT2D eigenvalue weighted by Crippen LogP contribution is 2.65. The van der Waals surface area contributed by atoms with Gasteiger partial charge in [0.15, 0.2) is 0 Å². The number of methoxy groups -OCH3 is 2. The van der Waals surface area contributed by atoms with E-state index in [4.69, 9.17) is 9.47 Å². The molecule has 2 aliphatic heterocycles. The zero-order valence-electron chi connectivity index (χ0n) is 46.5. The molecule has 2 saturated carbocycles. The predicted octanol–water partition coefficient (Wildman–Crippen LogP) is 19.2. The van der Waals surface area contributed by atoms with Gasteiger partial charge in [0.2, 0.25) is 0 Å². The van der Waals surface area contributed by atoms with Crippen molar-refractivity contribution >= 4 is 44.3 Å². The number of anilines is 4. The molecule has 0 saturated heterocycles. The Morgan fingerprint density at radius 2 is 0.823 bits per heavy atom. The molecule has 0 bridgehead atoms. The zero-order valence-corrected chi connectivity index (χ0v) is 46.5. The highest BCUT2D eigenvalue weighted by Gasteiger charge is 2.59. The Labute approximate surface area is 466 Å². The lowest BCUT2D eigenvalue weighted by Crippen LogP contribution is -2.54. The van der Waals surface area contributed by atoms with Gasteiger partial charge < -0.3 is 19.3 Å². The fraction of sp³-hybridized carbons (Fsp3) is 0.253. The first-order chi connectivity index (χ1) is 38.5. The van der Waals surface area contributed by atoms with Crippen LogP contribution < -0.4 is 19.3 Å². The molecule has 79 heavy (non-hydrogen) atoms. The summed E-state index contributed by atoms with van der Waals surface area (Å²) in [7, 11) is 3.54. The van der Waals surface area contributed by atoms with Gasteiger partial charge in [-0.15, -0.1) is 0 Å². The summed E-state index contributed by atoms with van der Waals surface area (Å²) < 4.78 is 11.6. The van der Waals surface area contributed by atoms with Gasteiger partial charge in [0.1, 0.15) is 11.5 Å². The maximum Gasteiger partial charge on any atom is 0.120 e. The second-order valence-electron chi connectivity index (χ2n) is 24.5. The minimum atomic E-state index is -0.627. The van der Waals surface area contributed by atoms with Crippen LogP contribution in [-0.4, -0.2) is 25.3 Å². The van der Waals surface area contributed by atoms with Gasteiger partial charge in [-0.3, -0.25) is 0 Å². The van der Waals surface area contributed by atoms with Crippen molar-refractivity contribution in [3.8, 4) is 44.9 Å². The van der Waals surface area contributed by atoms with Gasteiger partial charge in [-0.25, -0.2) is 0 Å². The lowest BCUT2D eigenvalue weighted by atomic mass is 9.61. The quantitative estimate of drug-likeness (QED) is 0.142. The molecule has 4 unspecified atom stereocenters. The molecular formula is C75H68N2O2. The fourth-order valence-electron chi connectivity index (χ4n) is 16.7. The van der Waals surface area contributed by atoms with E-state index < -0.39 is 5.41 Å². The Hall–Kier alpha value is -8.08. The zero-order chi connectivity index (χ0) is 53.5. The van der Waals surface area contributed by atoms with Crippen molar-refractivity contribution in [3.05, 3.63) is 240 Å².